The summed E-state index contributed by atoms with van der Waals surface area (Å²) in [4.78, 5) is 39.5. The van der Waals surface area contributed by atoms with Crippen molar-refractivity contribution < 1.29 is 18.7 Å². The minimum Gasteiger partial charge on any atom is -0.443 e. The summed E-state index contributed by atoms with van der Waals surface area (Å²) >= 11 is 0. The monoisotopic (exact) mass is 455 g/mol. The second kappa shape index (κ2) is 7.58. The molecule has 1 spiro atoms. The predicted octanol–water partition coefficient (Wildman–Crippen LogP) is 3.67. The fourth-order valence-corrected chi connectivity index (χ4v) is 4.74. The SMILES string of the molecule is O=C(OCc1ncc2cc(F)ccc2c1-c1cncnc1)N1CC2(C1)C(=O)Nc1ccccc12. The third-order valence-corrected chi connectivity index (χ3v) is 6.42. The van der Waals surface area contributed by atoms with Gasteiger partial charge in [-0.1, -0.05) is 24.3 Å². The normalized spacial score (nSPS) is 15.7. The van der Waals surface area contributed by atoms with Crippen LogP contribution in [0.3, 0.4) is 0 Å². The molecular weight excluding hydrogens is 437 g/mol. The number of carbonyl (C=O) groups is 2. The third-order valence-electron chi connectivity index (χ3n) is 6.42. The van der Waals surface area contributed by atoms with Crippen LogP contribution >= 0.6 is 0 Å². The molecule has 8 nitrogen and oxygen atoms in total. The maximum atomic E-state index is 13.7. The molecule has 34 heavy (non-hydrogen) atoms. The fourth-order valence-electron chi connectivity index (χ4n) is 4.74. The highest BCUT2D eigenvalue weighted by molar-refractivity contribution is 6.08. The number of anilines is 1. The molecule has 0 atom stereocenters. The van der Waals surface area contributed by atoms with Crippen LogP contribution in [0.4, 0.5) is 14.9 Å². The zero-order valence-electron chi connectivity index (χ0n) is 17.9. The van der Waals surface area contributed by atoms with Gasteiger partial charge in [0, 0.05) is 53.9 Å². The zero-order chi connectivity index (χ0) is 23.3. The molecule has 0 bridgehead atoms. The molecule has 0 unspecified atom stereocenters. The Bertz CT molecular complexity index is 1450. The van der Waals surface area contributed by atoms with Crippen molar-refractivity contribution in [2.45, 2.75) is 12.0 Å². The lowest BCUT2D eigenvalue weighted by atomic mass is 9.75. The Morgan fingerprint density at radius 1 is 1.12 bits per heavy atom. The number of ether oxygens (including phenoxy) is 1. The number of carbonyl (C=O) groups excluding carboxylic acids is 2. The van der Waals surface area contributed by atoms with Crippen molar-refractivity contribution in [1.82, 2.24) is 19.9 Å². The molecule has 0 saturated carbocycles. The number of rotatable bonds is 3. The Morgan fingerprint density at radius 2 is 1.91 bits per heavy atom. The topological polar surface area (TPSA) is 97.3 Å². The molecule has 2 aliphatic heterocycles. The van der Waals surface area contributed by atoms with Crippen LogP contribution in [-0.4, -0.2) is 44.9 Å². The Morgan fingerprint density at radius 3 is 2.74 bits per heavy atom. The number of amides is 2. The van der Waals surface area contributed by atoms with Gasteiger partial charge in [-0.2, -0.15) is 0 Å². The number of hydrogen-bond donors (Lipinski definition) is 1. The third kappa shape index (κ3) is 3.08. The van der Waals surface area contributed by atoms with Gasteiger partial charge in [0.15, 0.2) is 0 Å². The second-order valence-corrected chi connectivity index (χ2v) is 8.43. The van der Waals surface area contributed by atoms with Crippen LogP contribution in [-0.2, 0) is 21.6 Å². The summed E-state index contributed by atoms with van der Waals surface area (Å²) in [5.74, 6) is -0.472. The second-order valence-electron chi connectivity index (χ2n) is 8.43. The highest BCUT2D eigenvalue weighted by Gasteiger charge is 2.56. The van der Waals surface area contributed by atoms with Crippen molar-refractivity contribution in [3.63, 3.8) is 0 Å². The molecule has 2 aromatic heterocycles. The van der Waals surface area contributed by atoms with Gasteiger partial charge in [-0.05, 0) is 29.1 Å². The molecule has 1 fully saturated rings. The molecule has 4 heterocycles. The van der Waals surface area contributed by atoms with E-state index in [9.17, 15) is 14.0 Å². The summed E-state index contributed by atoms with van der Waals surface area (Å²) in [6, 6.07) is 11.9. The van der Waals surface area contributed by atoms with Crippen molar-refractivity contribution >= 4 is 28.5 Å². The summed E-state index contributed by atoms with van der Waals surface area (Å²) in [5.41, 5.74) is 2.82. The zero-order valence-corrected chi connectivity index (χ0v) is 17.9. The molecule has 2 aromatic carbocycles. The summed E-state index contributed by atoms with van der Waals surface area (Å²) in [6.07, 6.45) is 5.70. The quantitative estimate of drug-likeness (QED) is 0.506. The van der Waals surface area contributed by atoms with Crippen LogP contribution in [0.5, 0.6) is 0 Å². The first-order chi connectivity index (χ1) is 16.5. The number of nitrogens with zero attached hydrogens (tertiary/aromatic N) is 4. The van der Waals surface area contributed by atoms with E-state index in [1.54, 1.807) is 24.7 Å². The van der Waals surface area contributed by atoms with Crippen molar-refractivity contribution in [1.29, 1.82) is 0 Å². The number of fused-ring (bicyclic) bond motifs is 3. The van der Waals surface area contributed by atoms with Gasteiger partial charge in [0.05, 0.1) is 5.69 Å². The molecule has 0 radical (unpaired) electrons. The van der Waals surface area contributed by atoms with Crippen molar-refractivity contribution in [3.8, 4) is 11.1 Å². The van der Waals surface area contributed by atoms with Crippen LogP contribution in [0, 0.1) is 5.82 Å². The molecule has 1 N–H and O–H groups in total. The fraction of sp³-hybridized carbons (Fsp3) is 0.160. The van der Waals surface area contributed by atoms with Gasteiger partial charge < -0.3 is 15.0 Å². The maximum Gasteiger partial charge on any atom is 0.410 e. The average Bonchev–Trinajstić information content (AvgIpc) is 3.13. The Balaban J connectivity index is 1.24. The largest absolute Gasteiger partial charge is 0.443 e. The number of likely N-dealkylation sites (tertiary alicyclic amines) is 1. The van der Waals surface area contributed by atoms with Crippen LogP contribution in [0.15, 0.2) is 67.4 Å². The number of halogens is 1. The summed E-state index contributed by atoms with van der Waals surface area (Å²) in [7, 11) is 0. The molecule has 6 rings (SSSR count). The number of nitrogens with one attached hydrogen (secondary N) is 1. The lowest BCUT2D eigenvalue weighted by Crippen LogP contribution is -2.64. The molecule has 4 aromatic rings. The molecule has 0 aliphatic carbocycles. The molecule has 168 valence electrons. The number of benzene rings is 2. The molecule has 9 heteroatoms. The van der Waals surface area contributed by atoms with Crippen LogP contribution in [0.2, 0.25) is 0 Å². The van der Waals surface area contributed by atoms with Crippen molar-refractivity contribution in [3.05, 3.63) is 84.5 Å². The van der Waals surface area contributed by atoms with E-state index < -0.39 is 11.5 Å². The van der Waals surface area contributed by atoms with Crippen LogP contribution in [0.25, 0.3) is 21.9 Å². The summed E-state index contributed by atoms with van der Waals surface area (Å²) < 4.78 is 19.3. The van der Waals surface area contributed by atoms with Gasteiger partial charge >= 0.3 is 6.09 Å². The number of para-hydroxylation sites is 1. The van der Waals surface area contributed by atoms with Gasteiger partial charge in [-0.3, -0.25) is 9.78 Å². The van der Waals surface area contributed by atoms with E-state index in [1.807, 2.05) is 24.3 Å². The van der Waals surface area contributed by atoms with Crippen molar-refractivity contribution in [2.24, 2.45) is 0 Å². The number of hydrogen-bond acceptors (Lipinski definition) is 6. The molecule has 2 amide bonds. The van der Waals surface area contributed by atoms with Gasteiger partial charge in [-0.15, -0.1) is 0 Å². The first kappa shape index (κ1) is 20.2. The highest BCUT2D eigenvalue weighted by Crippen LogP contribution is 2.44. The van der Waals surface area contributed by atoms with E-state index in [2.05, 4.69) is 20.3 Å². The molecule has 1 saturated heterocycles. The van der Waals surface area contributed by atoms with E-state index in [4.69, 9.17) is 4.74 Å². The first-order valence-electron chi connectivity index (χ1n) is 10.7. The summed E-state index contributed by atoms with van der Waals surface area (Å²) in [6.45, 7) is 0.402. The number of pyridine rings is 1. The van der Waals surface area contributed by atoms with Gasteiger partial charge in [0.2, 0.25) is 5.91 Å². The van der Waals surface area contributed by atoms with Crippen LogP contribution in [0.1, 0.15) is 11.3 Å². The predicted molar refractivity (Wildman–Crippen MR) is 121 cm³/mol. The Hall–Kier alpha value is -4.40. The van der Waals surface area contributed by atoms with Crippen molar-refractivity contribution in [2.75, 3.05) is 18.4 Å². The van der Waals surface area contributed by atoms with Gasteiger partial charge in [0.25, 0.3) is 0 Å². The first-order valence-corrected chi connectivity index (χ1v) is 10.7. The van der Waals surface area contributed by atoms with E-state index in [0.29, 0.717) is 22.2 Å². The smallest absolute Gasteiger partial charge is 0.410 e. The standard InChI is InChI=1S/C25H18FN5O3/c26-17-5-6-18-15(7-17)10-29-21(22(18)16-8-27-14-28-9-16)11-34-24(33)31-12-25(13-31)19-3-1-2-4-20(19)30-23(25)32/h1-10,14H,11-13H2,(H,30,32). The van der Waals surface area contributed by atoms with E-state index >= 15 is 0 Å². The minimum atomic E-state index is -0.729. The average molecular weight is 455 g/mol. The number of aromatic nitrogens is 3. The maximum absolute atomic E-state index is 13.7. The van der Waals surface area contributed by atoms with Gasteiger partial charge in [-0.25, -0.2) is 19.2 Å². The highest BCUT2D eigenvalue weighted by atomic mass is 19.1. The van der Waals surface area contributed by atoms with E-state index in [0.717, 1.165) is 16.6 Å². The van der Waals surface area contributed by atoms with Gasteiger partial charge in [0.1, 0.15) is 24.2 Å². The van der Waals surface area contributed by atoms with E-state index in [-0.39, 0.29) is 31.4 Å². The lowest BCUT2D eigenvalue weighted by Gasteiger charge is -2.45. The summed E-state index contributed by atoms with van der Waals surface area (Å²) in [5, 5.41) is 4.25. The molecular formula is C25H18FN5O3. The van der Waals surface area contributed by atoms with Crippen LogP contribution < -0.4 is 5.32 Å². The molecule has 2 aliphatic rings. The minimum absolute atomic E-state index is 0.0946. The van der Waals surface area contributed by atoms with E-state index in [1.165, 1.54) is 23.4 Å². The Labute approximate surface area is 193 Å². The lowest BCUT2D eigenvalue weighted by molar-refractivity contribution is -0.126. The Kier molecular flexibility index (Phi) is 4.51.